The van der Waals surface area contributed by atoms with Crippen molar-refractivity contribution < 1.29 is 14.7 Å². The summed E-state index contributed by atoms with van der Waals surface area (Å²) < 4.78 is 0. The Kier molecular flexibility index (Phi) is 4.80. The van der Waals surface area contributed by atoms with E-state index >= 15 is 0 Å². The quantitative estimate of drug-likeness (QED) is 0.835. The molecule has 0 saturated carbocycles. The molecule has 1 aliphatic rings. The van der Waals surface area contributed by atoms with Gasteiger partial charge in [0.05, 0.1) is 12.1 Å². The van der Waals surface area contributed by atoms with Crippen LogP contribution >= 0.6 is 0 Å². The van der Waals surface area contributed by atoms with E-state index in [1.165, 1.54) is 0 Å². The lowest BCUT2D eigenvalue weighted by Crippen LogP contribution is -2.50. The Labute approximate surface area is 124 Å². The van der Waals surface area contributed by atoms with E-state index < -0.39 is 0 Å². The van der Waals surface area contributed by atoms with Crippen LogP contribution in [0.5, 0.6) is 5.75 Å². The number of piperazine rings is 1. The van der Waals surface area contributed by atoms with Crippen LogP contribution in [0.3, 0.4) is 0 Å². The van der Waals surface area contributed by atoms with E-state index in [0.717, 1.165) is 5.56 Å². The number of carbonyl (C=O) groups is 2. The Bertz CT molecular complexity index is 537. The van der Waals surface area contributed by atoms with Crippen LogP contribution in [0.25, 0.3) is 0 Å². The fraction of sp³-hybridized carbons (Fsp3) is 0.467. The van der Waals surface area contributed by atoms with Crippen LogP contribution in [0.1, 0.15) is 15.9 Å². The van der Waals surface area contributed by atoms with Crippen molar-refractivity contribution in [2.75, 3.05) is 39.8 Å². The monoisotopic (exact) mass is 291 g/mol. The summed E-state index contributed by atoms with van der Waals surface area (Å²) in [5.41, 5.74) is 1.25. The highest BCUT2D eigenvalue weighted by atomic mass is 16.3. The minimum atomic E-state index is -0.160. The summed E-state index contributed by atoms with van der Waals surface area (Å²) in [6.07, 6.45) is 0. The highest BCUT2D eigenvalue weighted by molar-refractivity contribution is 5.97. The third-order valence-corrected chi connectivity index (χ3v) is 3.69. The van der Waals surface area contributed by atoms with E-state index in [2.05, 4.69) is 5.32 Å². The molecule has 2 amide bonds. The number of hydrogen-bond acceptors (Lipinski definition) is 4. The summed E-state index contributed by atoms with van der Waals surface area (Å²) in [4.78, 5) is 27.4. The van der Waals surface area contributed by atoms with Crippen LogP contribution in [0.2, 0.25) is 0 Å². The molecule has 0 radical (unpaired) electrons. The van der Waals surface area contributed by atoms with Crippen molar-refractivity contribution in [3.05, 3.63) is 29.3 Å². The highest BCUT2D eigenvalue weighted by Crippen LogP contribution is 2.20. The first kappa shape index (κ1) is 15.3. The molecule has 6 nitrogen and oxygen atoms in total. The van der Waals surface area contributed by atoms with Crippen LogP contribution in [0, 0.1) is 6.92 Å². The van der Waals surface area contributed by atoms with Crippen molar-refractivity contribution in [2.45, 2.75) is 6.92 Å². The molecule has 6 heteroatoms. The van der Waals surface area contributed by atoms with Crippen molar-refractivity contribution in [3.63, 3.8) is 0 Å². The minimum Gasteiger partial charge on any atom is -0.507 e. The van der Waals surface area contributed by atoms with E-state index in [1.807, 2.05) is 17.9 Å². The normalized spacial score (nSPS) is 15.8. The summed E-state index contributed by atoms with van der Waals surface area (Å²) >= 11 is 0. The number of carbonyl (C=O) groups excluding carboxylic acids is 2. The molecular weight excluding hydrogens is 270 g/mol. The molecule has 0 aliphatic carbocycles. The predicted molar refractivity (Wildman–Crippen MR) is 79.3 cm³/mol. The average molecular weight is 291 g/mol. The molecule has 21 heavy (non-hydrogen) atoms. The Hall–Kier alpha value is -2.08. The van der Waals surface area contributed by atoms with Crippen molar-refractivity contribution in [1.29, 1.82) is 0 Å². The number of aryl methyl sites for hydroxylation is 1. The van der Waals surface area contributed by atoms with Gasteiger partial charge in [0.15, 0.2) is 0 Å². The molecule has 1 aromatic carbocycles. The van der Waals surface area contributed by atoms with Gasteiger partial charge in [0, 0.05) is 33.2 Å². The smallest absolute Gasteiger partial charge is 0.257 e. The van der Waals surface area contributed by atoms with Crippen LogP contribution in [0.15, 0.2) is 18.2 Å². The lowest BCUT2D eigenvalue weighted by Gasteiger charge is -2.34. The van der Waals surface area contributed by atoms with Gasteiger partial charge in [-0.3, -0.25) is 14.5 Å². The van der Waals surface area contributed by atoms with E-state index in [9.17, 15) is 14.7 Å². The first-order valence-electron chi connectivity index (χ1n) is 7.03. The number of likely N-dealkylation sites (N-methyl/N-ethyl adjacent to an activating group) is 1. The second-order valence-corrected chi connectivity index (χ2v) is 5.26. The summed E-state index contributed by atoms with van der Waals surface area (Å²) in [5.74, 6) is -0.161. The van der Waals surface area contributed by atoms with Gasteiger partial charge in [0.1, 0.15) is 5.75 Å². The second-order valence-electron chi connectivity index (χ2n) is 5.26. The van der Waals surface area contributed by atoms with Crippen molar-refractivity contribution in [2.24, 2.45) is 0 Å². The Morgan fingerprint density at radius 2 is 1.90 bits per heavy atom. The van der Waals surface area contributed by atoms with Crippen LogP contribution < -0.4 is 5.32 Å². The maximum absolute atomic E-state index is 12.4. The van der Waals surface area contributed by atoms with Gasteiger partial charge in [-0.2, -0.15) is 0 Å². The Balaban J connectivity index is 1.95. The SMILES string of the molecule is CNC(=O)CN1CCN(C(=O)c2ccc(C)cc2O)CC1. The van der Waals surface area contributed by atoms with Gasteiger partial charge in [-0.15, -0.1) is 0 Å². The summed E-state index contributed by atoms with van der Waals surface area (Å²) in [6, 6.07) is 5.06. The predicted octanol–water partition coefficient (Wildman–Crippen LogP) is 0.204. The van der Waals surface area contributed by atoms with E-state index in [-0.39, 0.29) is 17.6 Å². The summed E-state index contributed by atoms with van der Waals surface area (Å²) in [6.45, 7) is 4.66. The molecule has 2 N–H and O–H groups in total. The third-order valence-electron chi connectivity index (χ3n) is 3.69. The van der Waals surface area contributed by atoms with E-state index in [0.29, 0.717) is 38.3 Å². The summed E-state index contributed by atoms with van der Waals surface area (Å²) in [7, 11) is 1.61. The van der Waals surface area contributed by atoms with Gasteiger partial charge in [-0.05, 0) is 24.6 Å². The molecule has 1 aliphatic heterocycles. The number of nitrogens with one attached hydrogen (secondary N) is 1. The second kappa shape index (κ2) is 6.58. The van der Waals surface area contributed by atoms with Gasteiger partial charge in [-0.25, -0.2) is 0 Å². The molecule has 1 aromatic rings. The van der Waals surface area contributed by atoms with E-state index in [4.69, 9.17) is 0 Å². The average Bonchev–Trinajstić information content (AvgIpc) is 2.47. The highest BCUT2D eigenvalue weighted by Gasteiger charge is 2.24. The zero-order valence-electron chi connectivity index (χ0n) is 12.4. The number of phenols is 1. The molecule has 0 unspecified atom stereocenters. The van der Waals surface area contributed by atoms with Gasteiger partial charge in [-0.1, -0.05) is 6.07 Å². The lowest BCUT2D eigenvalue weighted by atomic mass is 10.1. The number of amides is 2. The van der Waals surface area contributed by atoms with Crippen molar-refractivity contribution in [1.82, 2.24) is 15.1 Å². The van der Waals surface area contributed by atoms with Crippen molar-refractivity contribution in [3.8, 4) is 5.75 Å². The zero-order chi connectivity index (χ0) is 15.4. The molecule has 0 aromatic heterocycles. The first-order valence-corrected chi connectivity index (χ1v) is 7.03. The molecule has 0 bridgehead atoms. The van der Waals surface area contributed by atoms with Gasteiger partial charge < -0.3 is 15.3 Å². The third kappa shape index (κ3) is 3.72. The molecule has 1 fully saturated rings. The number of aromatic hydroxyl groups is 1. The zero-order valence-corrected chi connectivity index (χ0v) is 12.4. The maximum atomic E-state index is 12.4. The molecular formula is C15H21N3O3. The fourth-order valence-electron chi connectivity index (χ4n) is 2.38. The number of nitrogens with zero attached hydrogens (tertiary/aromatic N) is 2. The molecule has 114 valence electrons. The number of hydrogen-bond donors (Lipinski definition) is 2. The molecule has 1 heterocycles. The van der Waals surface area contributed by atoms with Gasteiger partial charge >= 0.3 is 0 Å². The van der Waals surface area contributed by atoms with Crippen LogP contribution in [-0.2, 0) is 4.79 Å². The fourth-order valence-corrected chi connectivity index (χ4v) is 2.38. The molecule has 0 atom stereocenters. The number of benzene rings is 1. The number of phenolic OH excluding ortho intramolecular Hbond substituents is 1. The summed E-state index contributed by atoms with van der Waals surface area (Å²) in [5, 5.41) is 12.5. The number of rotatable bonds is 3. The van der Waals surface area contributed by atoms with Crippen LogP contribution in [-0.4, -0.2) is 66.5 Å². The Morgan fingerprint density at radius 1 is 1.24 bits per heavy atom. The van der Waals surface area contributed by atoms with Crippen molar-refractivity contribution >= 4 is 11.8 Å². The standard InChI is InChI=1S/C15H21N3O3/c1-11-3-4-12(13(19)9-11)15(21)18-7-5-17(6-8-18)10-14(20)16-2/h3-4,9,19H,5-8,10H2,1-2H3,(H,16,20). The molecule has 1 saturated heterocycles. The first-order chi connectivity index (χ1) is 10.0. The lowest BCUT2D eigenvalue weighted by molar-refractivity contribution is -0.122. The van der Waals surface area contributed by atoms with Crippen LogP contribution in [0.4, 0.5) is 0 Å². The topological polar surface area (TPSA) is 72.9 Å². The van der Waals surface area contributed by atoms with Gasteiger partial charge in [0.25, 0.3) is 5.91 Å². The minimum absolute atomic E-state index is 0.0211. The maximum Gasteiger partial charge on any atom is 0.257 e. The largest absolute Gasteiger partial charge is 0.507 e. The molecule has 2 rings (SSSR count). The van der Waals surface area contributed by atoms with E-state index in [1.54, 1.807) is 24.1 Å². The Morgan fingerprint density at radius 3 is 2.48 bits per heavy atom. The van der Waals surface area contributed by atoms with Gasteiger partial charge in [0.2, 0.25) is 5.91 Å². The molecule has 0 spiro atoms.